The number of thiophene rings is 1. The van der Waals surface area contributed by atoms with Crippen molar-refractivity contribution in [1.29, 1.82) is 0 Å². The van der Waals surface area contributed by atoms with Gasteiger partial charge >= 0.3 is 6.18 Å². The molecule has 0 radical (unpaired) electrons. The number of carbonyl (C=O) groups excluding carboxylic acids is 3. The van der Waals surface area contributed by atoms with Gasteiger partial charge in [-0.2, -0.15) is 13.2 Å². The average Bonchev–Trinajstić information content (AvgIpc) is 3.55. The fraction of sp³-hybridized carbons (Fsp3) is 0.227. The summed E-state index contributed by atoms with van der Waals surface area (Å²) in [6.45, 7) is 0.424. The van der Waals surface area contributed by atoms with E-state index in [1.165, 1.54) is 30.5 Å². The number of amides is 3. The number of halogens is 3. The third-order valence-corrected chi connectivity index (χ3v) is 5.87. The van der Waals surface area contributed by atoms with E-state index in [4.69, 9.17) is 9.15 Å². The van der Waals surface area contributed by atoms with Crippen LogP contribution in [-0.4, -0.2) is 30.4 Å². The van der Waals surface area contributed by atoms with Crippen LogP contribution < -0.4 is 16.0 Å². The summed E-state index contributed by atoms with van der Waals surface area (Å²) in [7, 11) is 0. The third-order valence-electron chi connectivity index (χ3n) is 4.87. The number of anilines is 3. The maximum atomic E-state index is 13.7. The van der Waals surface area contributed by atoms with E-state index in [9.17, 15) is 27.6 Å². The minimum atomic E-state index is -4.79. The van der Waals surface area contributed by atoms with E-state index in [1.54, 1.807) is 6.07 Å². The van der Waals surface area contributed by atoms with Crippen molar-refractivity contribution in [2.45, 2.75) is 25.1 Å². The minimum absolute atomic E-state index is 0.0649. The Morgan fingerprint density at radius 1 is 1.00 bits per heavy atom. The molecule has 1 aromatic carbocycles. The van der Waals surface area contributed by atoms with Gasteiger partial charge in [-0.05, 0) is 55.3 Å². The van der Waals surface area contributed by atoms with Gasteiger partial charge in [0.1, 0.15) is 6.10 Å². The summed E-state index contributed by atoms with van der Waals surface area (Å²) in [6, 6.07) is 8.92. The van der Waals surface area contributed by atoms with E-state index in [0.29, 0.717) is 24.4 Å². The van der Waals surface area contributed by atoms with Gasteiger partial charge in [0.2, 0.25) is 0 Å². The highest BCUT2D eigenvalue weighted by Crippen LogP contribution is 2.37. The zero-order valence-electron chi connectivity index (χ0n) is 17.4. The van der Waals surface area contributed by atoms with E-state index in [1.807, 2.05) is 0 Å². The first-order valence-electron chi connectivity index (χ1n) is 10.1. The fourth-order valence-corrected chi connectivity index (χ4v) is 4.06. The molecule has 1 fully saturated rings. The standard InChI is InChI=1S/C22H18F3N3O5S/c23-22(24,25)13-11-12(26-19(29)15-3-1-9-32-15)5-6-14(13)27-21(31)17-7-8-18(34-17)28-20(30)16-4-2-10-33-16/h2,4-8,10-11,15H,1,3,9H2,(H,26,29)(H,27,31)(H,28,30). The molecule has 3 aromatic rings. The molecule has 4 rings (SSSR count). The summed E-state index contributed by atoms with van der Waals surface area (Å²) in [6.07, 6.45) is -2.95. The first-order chi connectivity index (χ1) is 16.2. The second kappa shape index (κ2) is 9.69. The Balaban J connectivity index is 1.47. The maximum Gasteiger partial charge on any atom is 0.418 e. The van der Waals surface area contributed by atoms with Crippen LogP contribution in [0, 0.1) is 0 Å². The Kier molecular flexibility index (Phi) is 6.70. The first kappa shape index (κ1) is 23.5. The van der Waals surface area contributed by atoms with Crippen LogP contribution in [0.15, 0.2) is 53.1 Å². The molecule has 3 amide bonds. The van der Waals surface area contributed by atoms with Crippen LogP contribution in [0.4, 0.5) is 29.5 Å². The van der Waals surface area contributed by atoms with Gasteiger partial charge in [0.05, 0.1) is 27.4 Å². The molecular formula is C22H18F3N3O5S. The number of ether oxygens (including phenoxy) is 1. The van der Waals surface area contributed by atoms with E-state index in [0.717, 1.165) is 23.5 Å². The molecule has 0 aliphatic carbocycles. The largest absolute Gasteiger partial charge is 0.459 e. The maximum absolute atomic E-state index is 13.7. The second-order valence-corrected chi connectivity index (χ2v) is 8.38. The van der Waals surface area contributed by atoms with E-state index in [-0.39, 0.29) is 16.3 Å². The molecule has 12 heteroatoms. The number of hydrogen-bond acceptors (Lipinski definition) is 6. The number of rotatable bonds is 6. The summed E-state index contributed by atoms with van der Waals surface area (Å²) >= 11 is 0.887. The number of nitrogens with one attached hydrogen (secondary N) is 3. The van der Waals surface area contributed by atoms with Crippen molar-refractivity contribution >= 4 is 45.4 Å². The van der Waals surface area contributed by atoms with Crippen molar-refractivity contribution in [2.24, 2.45) is 0 Å². The quantitative estimate of drug-likeness (QED) is 0.449. The average molecular weight is 493 g/mol. The van der Waals surface area contributed by atoms with Crippen LogP contribution >= 0.6 is 11.3 Å². The molecule has 3 N–H and O–H groups in total. The lowest BCUT2D eigenvalue weighted by molar-refractivity contribution is -0.137. The number of furan rings is 1. The summed E-state index contributed by atoms with van der Waals surface area (Å²) in [5.74, 6) is -1.77. The summed E-state index contributed by atoms with van der Waals surface area (Å²) in [5, 5.41) is 7.52. The van der Waals surface area contributed by atoms with E-state index < -0.39 is 41.3 Å². The number of alkyl halides is 3. The topological polar surface area (TPSA) is 110 Å². The zero-order chi connectivity index (χ0) is 24.3. The molecule has 0 bridgehead atoms. The van der Waals surface area contributed by atoms with Crippen molar-refractivity contribution in [3.05, 3.63) is 64.9 Å². The van der Waals surface area contributed by atoms with Crippen molar-refractivity contribution < 1.29 is 36.7 Å². The molecule has 1 saturated heterocycles. The van der Waals surface area contributed by atoms with E-state index in [2.05, 4.69) is 16.0 Å². The second-order valence-electron chi connectivity index (χ2n) is 7.30. The van der Waals surface area contributed by atoms with Gasteiger partial charge in [0.15, 0.2) is 5.76 Å². The number of benzene rings is 1. The van der Waals surface area contributed by atoms with E-state index >= 15 is 0 Å². The Labute approximate surface area is 195 Å². The summed E-state index contributed by atoms with van der Waals surface area (Å²) in [4.78, 5) is 36.8. The molecule has 3 heterocycles. The van der Waals surface area contributed by atoms with Crippen LogP contribution in [0.1, 0.15) is 38.6 Å². The highest BCUT2D eigenvalue weighted by Gasteiger charge is 2.35. The van der Waals surface area contributed by atoms with Crippen LogP contribution in [0.3, 0.4) is 0 Å². The third kappa shape index (κ3) is 5.46. The molecule has 178 valence electrons. The SMILES string of the molecule is O=C(Nc1ccc(C(=O)Nc2ccc(NC(=O)C3CCCO3)cc2C(F)(F)F)s1)c1ccco1. The molecule has 8 nitrogen and oxygen atoms in total. The number of hydrogen-bond donors (Lipinski definition) is 3. The molecule has 34 heavy (non-hydrogen) atoms. The smallest absolute Gasteiger partial charge is 0.418 e. The van der Waals surface area contributed by atoms with Crippen molar-refractivity contribution in [3.8, 4) is 0 Å². The Bertz CT molecular complexity index is 1200. The van der Waals surface area contributed by atoms with Gasteiger partial charge in [0, 0.05) is 12.3 Å². The van der Waals surface area contributed by atoms with Gasteiger partial charge in [-0.1, -0.05) is 0 Å². The molecule has 2 aromatic heterocycles. The highest BCUT2D eigenvalue weighted by molar-refractivity contribution is 7.18. The van der Waals surface area contributed by atoms with Crippen molar-refractivity contribution in [1.82, 2.24) is 0 Å². The molecule has 1 aliphatic heterocycles. The summed E-state index contributed by atoms with van der Waals surface area (Å²) in [5.41, 5.74) is -1.65. The zero-order valence-corrected chi connectivity index (χ0v) is 18.2. The minimum Gasteiger partial charge on any atom is -0.459 e. The van der Waals surface area contributed by atoms with Gasteiger partial charge in [-0.3, -0.25) is 14.4 Å². The lowest BCUT2D eigenvalue weighted by Crippen LogP contribution is -2.27. The summed E-state index contributed by atoms with van der Waals surface area (Å²) < 4.78 is 51.2. The lowest BCUT2D eigenvalue weighted by Gasteiger charge is -2.16. The Morgan fingerprint density at radius 2 is 1.82 bits per heavy atom. The predicted molar refractivity (Wildman–Crippen MR) is 118 cm³/mol. The first-order valence-corrected chi connectivity index (χ1v) is 10.9. The molecule has 0 spiro atoms. The van der Waals surface area contributed by atoms with Crippen LogP contribution in [0.25, 0.3) is 0 Å². The normalized spacial score (nSPS) is 15.7. The molecule has 1 atom stereocenters. The van der Waals surface area contributed by atoms with Crippen LogP contribution in [-0.2, 0) is 15.7 Å². The van der Waals surface area contributed by atoms with Gasteiger partial charge in [-0.15, -0.1) is 11.3 Å². The van der Waals surface area contributed by atoms with Gasteiger partial charge < -0.3 is 25.1 Å². The van der Waals surface area contributed by atoms with Gasteiger partial charge in [-0.25, -0.2) is 0 Å². The van der Waals surface area contributed by atoms with Crippen LogP contribution in [0.5, 0.6) is 0 Å². The Morgan fingerprint density at radius 3 is 2.50 bits per heavy atom. The molecule has 1 unspecified atom stereocenters. The van der Waals surface area contributed by atoms with Crippen LogP contribution in [0.2, 0.25) is 0 Å². The molecule has 0 saturated carbocycles. The Hall–Kier alpha value is -3.64. The molecular weight excluding hydrogens is 475 g/mol. The predicted octanol–water partition coefficient (Wildman–Crippen LogP) is 4.98. The van der Waals surface area contributed by atoms with Crippen molar-refractivity contribution in [2.75, 3.05) is 22.6 Å². The monoisotopic (exact) mass is 493 g/mol. The fourth-order valence-electron chi connectivity index (χ4n) is 3.26. The number of carbonyl (C=O) groups is 3. The van der Waals surface area contributed by atoms with Crippen molar-refractivity contribution in [3.63, 3.8) is 0 Å². The van der Waals surface area contributed by atoms with Gasteiger partial charge in [0.25, 0.3) is 17.7 Å². The molecule has 1 aliphatic rings. The lowest BCUT2D eigenvalue weighted by atomic mass is 10.1. The highest BCUT2D eigenvalue weighted by atomic mass is 32.1.